The van der Waals surface area contributed by atoms with Crippen LogP contribution in [-0.4, -0.2) is 9.59 Å². The summed E-state index contributed by atoms with van der Waals surface area (Å²) in [6.45, 7) is 6.21. The van der Waals surface area contributed by atoms with Gasteiger partial charge in [-0.3, -0.25) is 0 Å². The Hall–Kier alpha value is -1.04. The van der Waals surface area contributed by atoms with Crippen LogP contribution in [0.15, 0.2) is 18.2 Å². The Labute approximate surface area is 127 Å². The summed E-state index contributed by atoms with van der Waals surface area (Å²) >= 11 is 6.98. The largest absolute Gasteiger partial charge is 0.323 e. The summed E-state index contributed by atoms with van der Waals surface area (Å²) in [5.41, 5.74) is 7.85. The van der Waals surface area contributed by atoms with Crippen LogP contribution in [-0.2, 0) is 11.8 Å². The highest BCUT2D eigenvalue weighted by molar-refractivity contribution is 7.05. The summed E-state index contributed by atoms with van der Waals surface area (Å²) in [4.78, 5) is 0.952. The van der Waals surface area contributed by atoms with Gasteiger partial charge in [0, 0.05) is 11.5 Å². The minimum Gasteiger partial charge on any atom is -0.323 e. The zero-order valence-electron chi connectivity index (χ0n) is 11.7. The molecule has 0 radical (unpaired) electrons. The van der Waals surface area contributed by atoms with Gasteiger partial charge in [-0.25, -0.2) is 4.39 Å². The summed E-state index contributed by atoms with van der Waals surface area (Å²) in [6, 6.07) is 4.52. The molecule has 1 heterocycles. The van der Waals surface area contributed by atoms with E-state index in [-0.39, 0.29) is 16.5 Å². The standard InChI is InChI=1S/C14H17ClFN3S/c1-14(2,3)13-12(20-19-18-13)11(17)7-8-4-5-9(15)10(16)6-8/h4-6,11H,7,17H2,1-3H3. The average Bonchev–Trinajstić information content (AvgIpc) is 2.83. The predicted molar refractivity (Wildman–Crippen MR) is 80.7 cm³/mol. The fraction of sp³-hybridized carbons (Fsp3) is 0.429. The number of hydrogen-bond acceptors (Lipinski definition) is 4. The second-order valence-corrected chi connectivity index (χ2v) is 6.99. The van der Waals surface area contributed by atoms with Crippen LogP contribution in [0.2, 0.25) is 5.02 Å². The first-order valence-corrected chi connectivity index (χ1v) is 7.46. The molecule has 3 nitrogen and oxygen atoms in total. The Morgan fingerprint density at radius 3 is 2.70 bits per heavy atom. The summed E-state index contributed by atoms with van der Waals surface area (Å²) in [5.74, 6) is -0.421. The molecule has 0 aliphatic heterocycles. The third-order valence-corrected chi connectivity index (χ3v) is 4.16. The van der Waals surface area contributed by atoms with Crippen LogP contribution in [0.5, 0.6) is 0 Å². The number of nitrogens with zero attached hydrogens (tertiary/aromatic N) is 2. The van der Waals surface area contributed by atoms with Crippen LogP contribution >= 0.6 is 23.1 Å². The lowest BCUT2D eigenvalue weighted by molar-refractivity contribution is 0.550. The van der Waals surface area contributed by atoms with E-state index < -0.39 is 5.82 Å². The number of benzene rings is 1. The summed E-state index contributed by atoms with van der Waals surface area (Å²) < 4.78 is 17.4. The van der Waals surface area contributed by atoms with Gasteiger partial charge in [-0.2, -0.15) is 0 Å². The molecule has 2 N–H and O–H groups in total. The third kappa shape index (κ3) is 3.34. The van der Waals surface area contributed by atoms with Crippen molar-refractivity contribution in [2.24, 2.45) is 5.73 Å². The third-order valence-electron chi connectivity index (χ3n) is 3.00. The fourth-order valence-corrected chi connectivity index (χ4v) is 2.95. The highest BCUT2D eigenvalue weighted by Crippen LogP contribution is 2.31. The monoisotopic (exact) mass is 313 g/mol. The SMILES string of the molecule is CC(C)(C)c1nnsc1C(N)Cc1ccc(Cl)c(F)c1. The maximum absolute atomic E-state index is 13.4. The predicted octanol–water partition coefficient (Wildman–Crippen LogP) is 3.87. The normalized spacial score (nSPS) is 13.5. The van der Waals surface area contributed by atoms with Gasteiger partial charge in [0.25, 0.3) is 0 Å². The molecule has 0 spiro atoms. The molecule has 1 aromatic carbocycles. The summed E-state index contributed by atoms with van der Waals surface area (Å²) in [7, 11) is 0. The number of halogens is 2. The molecule has 20 heavy (non-hydrogen) atoms. The van der Waals surface area contributed by atoms with E-state index in [1.54, 1.807) is 12.1 Å². The van der Waals surface area contributed by atoms with Crippen molar-refractivity contribution in [3.63, 3.8) is 0 Å². The zero-order valence-corrected chi connectivity index (χ0v) is 13.2. The Morgan fingerprint density at radius 2 is 2.10 bits per heavy atom. The lowest BCUT2D eigenvalue weighted by Gasteiger charge is -2.19. The molecule has 2 rings (SSSR count). The molecule has 0 aliphatic carbocycles. The topological polar surface area (TPSA) is 51.8 Å². The molecule has 1 aromatic heterocycles. The molecule has 1 unspecified atom stereocenters. The molecular formula is C14H17ClFN3S. The molecule has 0 saturated heterocycles. The molecule has 0 fully saturated rings. The second kappa shape index (κ2) is 5.76. The average molecular weight is 314 g/mol. The van der Waals surface area contributed by atoms with E-state index in [1.807, 2.05) is 0 Å². The van der Waals surface area contributed by atoms with E-state index in [1.165, 1.54) is 17.6 Å². The number of aromatic nitrogens is 2. The molecule has 108 valence electrons. The van der Waals surface area contributed by atoms with E-state index in [0.29, 0.717) is 6.42 Å². The molecule has 1 atom stereocenters. The summed E-state index contributed by atoms with van der Waals surface area (Å²) in [6.07, 6.45) is 0.529. The molecule has 6 heteroatoms. The Kier molecular flexibility index (Phi) is 4.42. The molecule has 0 bridgehead atoms. The van der Waals surface area contributed by atoms with Gasteiger partial charge in [-0.15, -0.1) is 5.10 Å². The maximum atomic E-state index is 13.4. The van der Waals surface area contributed by atoms with E-state index in [0.717, 1.165) is 16.1 Å². The van der Waals surface area contributed by atoms with Crippen molar-refractivity contribution in [3.8, 4) is 0 Å². The van der Waals surface area contributed by atoms with E-state index in [9.17, 15) is 4.39 Å². The first-order chi connectivity index (χ1) is 9.29. The van der Waals surface area contributed by atoms with Crippen LogP contribution in [0.1, 0.15) is 42.9 Å². The van der Waals surface area contributed by atoms with Crippen LogP contribution < -0.4 is 5.73 Å². The molecule has 2 aromatic rings. The van der Waals surface area contributed by atoms with Crippen LogP contribution in [0.3, 0.4) is 0 Å². The van der Waals surface area contributed by atoms with Gasteiger partial charge in [0.2, 0.25) is 0 Å². The van der Waals surface area contributed by atoms with Gasteiger partial charge in [0.1, 0.15) is 5.82 Å². The van der Waals surface area contributed by atoms with Crippen LogP contribution in [0, 0.1) is 5.82 Å². The first-order valence-electron chi connectivity index (χ1n) is 6.31. The van der Waals surface area contributed by atoms with Crippen LogP contribution in [0.4, 0.5) is 4.39 Å². The lowest BCUT2D eigenvalue weighted by Crippen LogP contribution is -2.20. The smallest absolute Gasteiger partial charge is 0.142 e. The minimum atomic E-state index is -0.421. The van der Waals surface area contributed by atoms with Gasteiger partial charge < -0.3 is 5.73 Å². The molecule has 0 aliphatic rings. The van der Waals surface area contributed by atoms with Crippen molar-refractivity contribution >= 4 is 23.1 Å². The van der Waals surface area contributed by atoms with Gasteiger partial charge >= 0.3 is 0 Å². The maximum Gasteiger partial charge on any atom is 0.142 e. The highest BCUT2D eigenvalue weighted by Gasteiger charge is 2.25. The van der Waals surface area contributed by atoms with Gasteiger partial charge in [-0.05, 0) is 35.6 Å². The van der Waals surface area contributed by atoms with Gasteiger partial charge in [-0.1, -0.05) is 42.9 Å². The second-order valence-electron chi connectivity index (χ2n) is 5.79. The number of hydrogen-bond donors (Lipinski definition) is 1. The Balaban J connectivity index is 2.22. The molecule has 0 saturated carbocycles. The van der Waals surface area contributed by atoms with Crippen molar-refractivity contribution < 1.29 is 4.39 Å². The number of rotatable bonds is 3. The first kappa shape index (κ1) is 15.4. The zero-order chi connectivity index (χ0) is 14.9. The van der Waals surface area contributed by atoms with Gasteiger partial charge in [0.15, 0.2) is 0 Å². The highest BCUT2D eigenvalue weighted by atomic mass is 35.5. The molecular weight excluding hydrogens is 297 g/mol. The van der Waals surface area contributed by atoms with E-state index in [4.69, 9.17) is 17.3 Å². The minimum absolute atomic E-state index is 0.106. The van der Waals surface area contributed by atoms with Crippen molar-refractivity contribution in [1.29, 1.82) is 0 Å². The summed E-state index contributed by atoms with van der Waals surface area (Å²) in [5, 5.41) is 4.30. The van der Waals surface area contributed by atoms with Crippen molar-refractivity contribution in [2.75, 3.05) is 0 Å². The Bertz CT molecular complexity index is 607. The lowest BCUT2D eigenvalue weighted by atomic mass is 9.89. The van der Waals surface area contributed by atoms with E-state index >= 15 is 0 Å². The number of nitrogens with two attached hydrogens (primary N) is 1. The van der Waals surface area contributed by atoms with Crippen molar-refractivity contribution in [2.45, 2.75) is 38.6 Å². The van der Waals surface area contributed by atoms with Crippen molar-refractivity contribution in [1.82, 2.24) is 9.59 Å². The Morgan fingerprint density at radius 1 is 1.40 bits per heavy atom. The van der Waals surface area contributed by atoms with Crippen molar-refractivity contribution in [3.05, 3.63) is 45.2 Å². The van der Waals surface area contributed by atoms with E-state index in [2.05, 4.69) is 30.4 Å². The quantitative estimate of drug-likeness (QED) is 0.935. The molecule has 0 amide bonds. The fourth-order valence-electron chi connectivity index (χ4n) is 1.97. The van der Waals surface area contributed by atoms with Gasteiger partial charge in [0.05, 0.1) is 15.6 Å². The van der Waals surface area contributed by atoms with Crippen LogP contribution in [0.25, 0.3) is 0 Å².